The van der Waals surface area contributed by atoms with Crippen molar-refractivity contribution in [2.24, 2.45) is 7.05 Å². The monoisotopic (exact) mass is 313 g/mol. The number of nitrogen functional groups attached to an aromatic ring is 1. The van der Waals surface area contributed by atoms with Gasteiger partial charge in [0.05, 0.1) is 27.1 Å². The van der Waals surface area contributed by atoms with E-state index in [0.717, 1.165) is 0 Å². The second-order valence-corrected chi connectivity index (χ2v) is 6.88. The number of anilines is 1. The fraction of sp³-hybridized carbons (Fsp3) is 0.308. The van der Waals surface area contributed by atoms with Gasteiger partial charge in [-0.25, -0.2) is 8.42 Å². The van der Waals surface area contributed by atoms with Gasteiger partial charge < -0.3 is 5.73 Å². The summed E-state index contributed by atoms with van der Waals surface area (Å²) in [5.74, 6) is -0.196. The van der Waals surface area contributed by atoms with Crippen LogP contribution in [-0.2, 0) is 29.1 Å². The average Bonchev–Trinajstić information content (AvgIpc) is 2.66. The first-order chi connectivity index (χ1) is 9.35. The molecule has 0 bridgehead atoms. The van der Waals surface area contributed by atoms with Crippen molar-refractivity contribution in [1.29, 1.82) is 0 Å². The topological polar surface area (TPSA) is 78.0 Å². The minimum absolute atomic E-state index is 0.188. The van der Waals surface area contributed by atoms with Gasteiger partial charge in [0.1, 0.15) is 0 Å². The maximum Gasteiger partial charge on any atom is 0.184 e. The standard InChI is InChI=1S/C13H16ClN3O2S/c1-3-11-13(14)12(17(2)16-11)8-20(18,19)10-6-4-5-9(15)7-10/h4-7H,3,8,15H2,1-2H3. The van der Waals surface area contributed by atoms with E-state index in [0.29, 0.717) is 28.5 Å². The van der Waals surface area contributed by atoms with E-state index < -0.39 is 9.84 Å². The zero-order chi connectivity index (χ0) is 14.9. The van der Waals surface area contributed by atoms with E-state index in [-0.39, 0.29) is 10.6 Å². The summed E-state index contributed by atoms with van der Waals surface area (Å²) in [4.78, 5) is 0.188. The van der Waals surface area contributed by atoms with Crippen LogP contribution in [0.3, 0.4) is 0 Å². The van der Waals surface area contributed by atoms with E-state index >= 15 is 0 Å². The fourth-order valence-corrected chi connectivity index (χ4v) is 3.85. The molecule has 0 aliphatic carbocycles. The Balaban J connectivity index is 2.41. The molecular formula is C13H16ClN3O2S. The third kappa shape index (κ3) is 2.81. The van der Waals surface area contributed by atoms with Crippen LogP contribution >= 0.6 is 11.6 Å². The third-order valence-electron chi connectivity index (χ3n) is 3.05. The molecule has 0 aliphatic rings. The van der Waals surface area contributed by atoms with Crippen molar-refractivity contribution in [1.82, 2.24) is 9.78 Å². The van der Waals surface area contributed by atoms with E-state index in [9.17, 15) is 8.42 Å². The fourth-order valence-electron chi connectivity index (χ4n) is 1.95. The number of aromatic nitrogens is 2. The van der Waals surface area contributed by atoms with Gasteiger partial charge in [-0.1, -0.05) is 24.6 Å². The highest BCUT2D eigenvalue weighted by molar-refractivity contribution is 7.90. The molecule has 1 aromatic heterocycles. The van der Waals surface area contributed by atoms with Crippen LogP contribution in [0, 0.1) is 0 Å². The first kappa shape index (κ1) is 14.9. The summed E-state index contributed by atoms with van der Waals surface area (Å²) >= 11 is 6.18. The van der Waals surface area contributed by atoms with Crippen molar-refractivity contribution >= 4 is 27.1 Å². The molecule has 0 saturated heterocycles. The van der Waals surface area contributed by atoms with Crippen molar-refractivity contribution in [2.45, 2.75) is 24.0 Å². The molecule has 2 N–H and O–H groups in total. The van der Waals surface area contributed by atoms with E-state index in [1.54, 1.807) is 19.2 Å². The van der Waals surface area contributed by atoms with Crippen molar-refractivity contribution in [3.8, 4) is 0 Å². The highest BCUT2D eigenvalue weighted by Crippen LogP contribution is 2.25. The molecule has 0 atom stereocenters. The lowest BCUT2D eigenvalue weighted by atomic mass is 10.3. The van der Waals surface area contributed by atoms with E-state index in [1.165, 1.54) is 16.8 Å². The summed E-state index contributed by atoms with van der Waals surface area (Å²) in [6.07, 6.45) is 0.658. The normalized spacial score (nSPS) is 11.8. The van der Waals surface area contributed by atoms with Crippen LogP contribution in [0.15, 0.2) is 29.2 Å². The van der Waals surface area contributed by atoms with Gasteiger partial charge in [-0.2, -0.15) is 5.10 Å². The molecule has 20 heavy (non-hydrogen) atoms. The number of nitrogens with two attached hydrogens (primary N) is 1. The summed E-state index contributed by atoms with van der Waals surface area (Å²) in [6.45, 7) is 1.92. The summed E-state index contributed by atoms with van der Waals surface area (Å²) in [5, 5.41) is 4.64. The molecular weight excluding hydrogens is 298 g/mol. The number of hydrogen-bond acceptors (Lipinski definition) is 4. The van der Waals surface area contributed by atoms with Crippen molar-refractivity contribution in [2.75, 3.05) is 5.73 Å². The summed E-state index contributed by atoms with van der Waals surface area (Å²) in [5.41, 5.74) is 7.23. The lowest BCUT2D eigenvalue weighted by Gasteiger charge is -2.06. The second-order valence-electron chi connectivity index (χ2n) is 4.52. The van der Waals surface area contributed by atoms with E-state index in [1.807, 2.05) is 6.92 Å². The van der Waals surface area contributed by atoms with Crippen LogP contribution in [0.25, 0.3) is 0 Å². The van der Waals surface area contributed by atoms with Crippen LogP contribution in [0.5, 0.6) is 0 Å². The second kappa shape index (κ2) is 5.46. The van der Waals surface area contributed by atoms with Gasteiger partial charge in [0.25, 0.3) is 0 Å². The first-order valence-electron chi connectivity index (χ1n) is 6.13. The van der Waals surface area contributed by atoms with Gasteiger partial charge in [0, 0.05) is 12.7 Å². The van der Waals surface area contributed by atoms with Gasteiger partial charge in [0.2, 0.25) is 0 Å². The van der Waals surface area contributed by atoms with Crippen LogP contribution in [0.4, 0.5) is 5.69 Å². The summed E-state index contributed by atoms with van der Waals surface area (Å²) in [7, 11) is -1.81. The predicted molar refractivity (Wildman–Crippen MR) is 79.3 cm³/mol. The Kier molecular flexibility index (Phi) is 4.06. The SMILES string of the molecule is CCc1nn(C)c(CS(=O)(=O)c2cccc(N)c2)c1Cl. The van der Waals surface area contributed by atoms with Crippen molar-refractivity contribution in [3.05, 3.63) is 40.7 Å². The molecule has 1 aromatic carbocycles. The zero-order valence-corrected chi connectivity index (χ0v) is 12.9. The lowest BCUT2D eigenvalue weighted by molar-refractivity contribution is 0.591. The Labute approximate surface area is 123 Å². The van der Waals surface area contributed by atoms with E-state index in [2.05, 4.69) is 5.10 Å². The molecule has 0 aliphatic heterocycles. The Morgan fingerprint density at radius 2 is 2.10 bits per heavy atom. The maximum absolute atomic E-state index is 12.4. The Morgan fingerprint density at radius 1 is 1.40 bits per heavy atom. The van der Waals surface area contributed by atoms with Crippen LogP contribution in [0.2, 0.25) is 5.02 Å². The summed E-state index contributed by atoms with van der Waals surface area (Å²) < 4.78 is 26.3. The molecule has 2 aromatic rings. The maximum atomic E-state index is 12.4. The van der Waals surface area contributed by atoms with Crippen molar-refractivity contribution < 1.29 is 8.42 Å². The van der Waals surface area contributed by atoms with E-state index in [4.69, 9.17) is 17.3 Å². The lowest BCUT2D eigenvalue weighted by Crippen LogP contribution is -2.09. The Morgan fingerprint density at radius 3 is 2.65 bits per heavy atom. The molecule has 0 fully saturated rings. The highest BCUT2D eigenvalue weighted by Gasteiger charge is 2.22. The minimum atomic E-state index is -3.50. The number of benzene rings is 1. The van der Waals surface area contributed by atoms with Crippen molar-refractivity contribution in [3.63, 3.8) is 0 Å². The number of nitrogens with zero attached hydrogens (tertiary/aromatic N) is 2. The Bertz CT molecular complexity index is 738. The molecule has 0 radical (unpaired) electrons. The smallest absolute Gasteiger partial charge is 0.184 e. The molecule has 5 nitrogen and oxygen atoms in total. The molecule has 0 unspecified atom stereocenters. The first-order valence-corrected chi connectivity index (χ1v) is 8.16. The number of aryl methyl sites for hydroxylation is 2. The van der Waals surface area contributed by atoms with Gasteiger partial charge in [-0.05, 0) is 24.6 Å². The molecule has 0 spiro atoms. The average molecular weight is 314 g/mol. The van der Waals surface area contributed by atoms with Crippen LogP contribution in [-0.4, -0.2) is 18.2 Å². The molecule has 1 heterocycles. The number of rotatable bonds is 4. The number of halogens is 1. The third-order valence-corrected chi connectivity index (χ3v) is 5.11. The van der Waals surface area contributed by atoms with Crippen LogP contribution in [0.1, 0.15) is 18.3 Å². The number of hydrogen-bond donors (Lipinski definition) is 1. The minimum Gasteiger partial charge on any atom is -0.399 e. The van der Waals surface area contributed by atoms with Crippen LogP contribution < -0.4 is 5.73 Å². The number of sulfone groups is 1. The zero-order valence-electron chi connectivity index (χ0n) is 11.3. The predicted octanol–water partition coefficient (Wildman–Crippen LogP) is 2.19. The molecule has 7 heteroatoms. The Hall–Kier alpha value is -1.53. The van der Waals surface area contributed by atoms with Gasteiger partial charge in [0.15, 0.2) is 9.84 Å². The molecule has 0 amide bonds. The van der Waals surface area contributed by atoms with Gasteiger partial charge in [-0.3, -0.25) is 4.68 Å². The molecule has 2 rings (SSSR count). The summed E-state index contributed by atoms with van der Waals surface area (Å²) in [6, 6.07) is 6.23. The molecule has 0 saturated carbocycles. The highest BCUT2D eigenvalue weighted by atomic mass is 35.5. The molecule has 108 valence electrons. The largest absolute Gasteiger partial charge is 0.399 e. The quantitative estimate of drug-likeness (QED) is 0.878. The van der Waals surface area contributed by atoms with Gasteiger partial charge >= 0.3 is 0 Å². The van der Waals surface area contributed by atoms with Gasteiger partial charge in [-0.15, -0.1) is 0 Å².